The molecule has 2 unspecified atom stereocenters. The number of rotatable bonds is 1. The molecule has 2 aliphatic rings. The van der Waals surface area contributed by atoms with Gasteiger partial charge in [0.15, 0.2) is 14.9 Å². The first kappa shape index (κ1) is 11.8. The van der Waals surface area contributed by atoms with Crippen molar-refractivity contribution in [1.29, 1.82) is 0 Å². The van der Waals surface area contributed by atoms with Gasteiger partial charge in [-0.15, -0.1) is 0 Å². The number of piperidine rings is 1. The maximum atomic E-state index is 11.5. The molecule has 0 aromatic carbocycles. The molecule has 92 valence electrons. The molecule has 0 radical (unpaired) electrons. The second-order valence-electron chi connectivity index (χ2n) is 4.20. The Bertz CT molecular complexity index is 406. The quantitative estimate of drug-likeness (QED) is 0.618. The lowest BCUT2D eigenvalue weighted by Crippen LogP contribution is -2.49. The number of hydrogen-bond donors (Lipinski definition) is 2. The Balaban J connectivity index is 2.35. The van der Waals surface area contributed by atoms with E-state index in [9.17, 15) is 8.42 Å². The van der Waals surface area contributed by atoms with Crippen molar-refractivity contribution >= 4 is 14.9 Å². The smallest absolute Gasteiger partial charge is 0.192 e. The predicted octanol–water partition coefficient (Wildman–Crippen LogP) is -0.338. The van der Waals surface area contributed by atoms with E-state index in [0.717, 1.165) is 19.1 Å². The van der Waals surface area contributed by atoms with Crippen LogP contribution in [0.2, 0.25) is 0 Å². The molecule has 2 atom stereocenters. The van der Waals surface area contributed by atoms with Crippen LogP contribution in [0.4, 0.5) is 0 Å². The van der Waals surface area contributed by atoms with Crippen LogP contribution in [0.25, 0.3) is 0 Å². The van der Waals surface area contributed by atoms with Crippen LogP contribution >= 0.6 is 0 Å². The van der Waals surface area contributed by atoms with Crippen LogP contribution in [0, 0.1) is 0 Å². The topological polar surface area (TPSA) is 93.4 Å². The van der Waals surface area contributed by atoms with E-state index >= 15 is 0 Å². The zero-order valence-electron chi connectivity index (χ0n) is 8.94. The third-order valence-corrected chi connectivity index (χ3v) is 4.08. The molecule has 1 fully saturated rings. The van der Waals surface area contributed by atoms with Crippen LogP contribution < -0.4 is 0 Å². The van der Waals surface area contributed by atoms with Crippen molar-refractivity contribution in [2.24, 2.45) is 5.10 Å². The molecule has 0 spiro atoms. The fourth-order valence-corrected chi connectivity index (χ4v) is 3.23. The Labute approximate surface area is 93.8 Å². The number of hydrazone groups is 1. The van der Waals surface area contributed by atoms with Gasteiger partial charge in [-0.05, 0) is 19.3 Å². The summed E-state index contributed by atoms with van der Waals surface area (Å²) in [5.41, 5.74) is 0. The third-order valence-electron chi connectivity index (χ3n) is 2.99. The summed E-state index contributed by atoms with van der Waals surface area (Å²) in [7, 11) is -3.51. The van der Waals surface area contributed by atoms with Gasteiger partial charge in [-0.25, -0.2) is 8.42 Å². The molecule has 16 heavy (non-hydrogen) atoms. The van der Waals surface area contributed by atoms with Gasteiger partial charge in [0.25, 0.3) is 0 Å². The van der Waals surface area contributed by atoms with Gasteiger partial charge in [0, 0.05) is 12.8 Å². The third kappa shape index (κ3) is 1.93. The normalized spacial score (nSPS) is 30.5. The van der Waals surface area contributed by atoms with E-state index in [-0.39, 0.29) is 16.3 Å². The van der Waals surface area contributed by atoms with Gasteiger partial charge in [-0.1, -0.05) is 5.23 Å². The molecule has 2 aliphatic heterocycles. The summed E-state index contributed by atoms with van der Waals surface area (Å²) in [4.78, 5) is 0. The van der Waals surface area contributed by atoms with Crippen molar-refractivity contribution < 1.29 is 18.8 Å². The van der Waals surface area contributed by atoms with E-state index in [1.54, 1.807) is 5.01 Å². The lowest BCUT2D eigenvalue weighted by molar-refractivity contribution is -0.324. The van der Waals surface area contributed by atoms with Gasteiger partial charge in [0.1, 0.15) is 6.04 Å². The fraction of sp³-hybridized carbons (Fsp3) is 0.875. The molecule has 0 aromatic heterocycles. The zero-order valence-corrected chi connectivity index (χ0v) is 9.76. The molecule has 2 rings (SSSR count). The summed E-state index contributed by atoms with van der Waals surface area (Å²) >= 11 is 0. The minimum absolute atomic E-state index is 0.0319. The number of sulfone groups is 1. The first-order valence-corrected chi connectivity index (χ1v) is 7.02. The van der Waals surface area contributed by atoms with Crippen LogP contribution in [0.15, 0.2) is 5.10 Å². The van der Waals surface area contributed by atoms with Crippen molar-refractivity contribution in [2.75, 3.05) is 12.8 Å². The molecule has 0 saturated carbocycles. The minimum Gasteiger partial charge on any atom is -0.291 e. The molecule has 2 heterocycles. The van der Waals surface area contributed by atoms with Gasteiger partial charge >= 0.3 is 0 Å². The van der Waals surface area contributed by atoms with E-state index in [1.165, 1.54) is 0 Å². The fourth-order valence-electron chi connectivity index (χ4n) is 2.28. The Morgan fingerprint density at radius 2 is 2.12 bits per heavy atom. The Hall–Kier alpha value is -0.700. The maximum absolute atomic E-state index is 11.5. The molecule has 1 saturated heterocycles. The number of hydroxylamine groups is 2. The Kier molecular flexibility index (Phi) is 2.91. The highest BCUT2D eigenvalue weighted by molar-refractivity contribution is 8.06. The van der Waals surface area contributed by atoms with Crippen LogP contribution in [0.1, 0.15) is 19.3 Å². The monoisotopic (exact) mass is 249 g/mol. The van der Waals surface area contributed by atoms with E-state index < -0.39 is 15.9 Å². The highest BCUT2D eigenvalue weighted by Crippen LogP contribution is 2.29. The molecule has 8 heteroatoms. The lowest BCUT2D eigenvalue weighted by atomic mass is 9.99. The number of nitrogens with zero attached hydrogens (tertiary/aromatic N) is 3. The predicted molar refractivity (Wildman–Crippen MR) is 55.8 cm³/mol. The van der Waals surface area contributed by atoms with Crippen LogP contribution in [-0.4, -0.2) is 59.0 Å². The van der Waals surface area contributed by atoms with Crippen molar-refractivity contribution in [3.63, 3.8) is 0 Å². The van der Waals surface area contributed by atoms with Crippen molar-refractivity contribution in [3.05, 3.63) is 0 Å². The largest absolute Gasteiger partial charge is 0.291 e. The van der Waals surface area contributed by atoms with Crippen LogP contribution in [-0.2, 0) is 9.84 Å². The van der Waals surface area contributed by atoms with Gasteiger partial charge in [-0.2, -0.15) is 5.10 Å². The summed E-state index contributed by atoms with van der Waals surface area (Å²) < 4.78 is 23.0. The molecular weight excluding hydrogens is 234 g/mol. The van der Waals surface area contributed by atoms with Crippen LogP contribution in [0.5, 0.6) is 0 Å². The second kappa shape index (κ2) is 3.95. The van der Waals surface area contributed by atoms with Crippen molar-refractivity contribution in [3.8, 4) is 0 Å². The SMILES string of the molecule is CS(=O)(=O)C1=NN2CCCCC2C1N(O)O. The average molecular weight is 249 g/mol. The van der Waals surface area contributed by atoms with Crippen LogP contribution in [0.3, 0.4) is 0 Å². The maximum Gasteiger partial charge on any atom is 0.192 e. The molecular formula is C8H15N3O4S. The molecule has 7 nitrogen and oxygen atoms in total. The summed E-state index contributed by atoms with van der Waals surface area (Å²) in [6.07, 6.45) is 3.63. The van der Waals surface area contributed by atoms with E-state index in [0.29, 0.717) is 13.0 Å². The minimum atomic E-state index is -3.51. The molecule has 0 amide bonds. The second-order valence-corrected chi connectivity index (χ2v) is 6.16. The first-order valence-electron chi connectivity index (χ1n) is 5.13. The van der Waals surface area contributed by atoms with Gasteiger partial charge in [-0.3, -0.25) is 15.4 Å². The van der Waals surface area contributed by atoms with E-state index in [1.807, 2.05) is 0 Å². The first-order chi connectivity index (χ1) is 7.41. The Morgan fingerprint density at radius 3 is 2.69 bits per heavy atom. The van der Waals surface area contributed by atoms with Crippen molar-refractivity contribution in [1.82, 2.24) is 10.2 Å². The summed E-state index contributed by atoms with van der Waals surface area (Å²) in [6, 6.07) is -1.22. The summed E-state index contributed by atoms with van der Waals surface area (Å²) in [5.74, 6) is 0. The zero-order chi connectivity index (χ0) is 11.9. The molecule has 0 aliphatic carbocycles. The van der Waals surface area contributed by atoms with Gasteiger partial charge in [0.05, 0.1) is 6.04 Å². The van der Waals surface area contributed by atoms with E-state index in [4.69, 9.17) is 10.4 Å². The number of fused-ring (bicyclic) bond motifs is 1. The van der Waals surface area contributed by atoms with Gasteiger partial charge in [0.2, 0.25) is 0 Å². The average Bonchev–Trinajstić information content (AvgIpc) is 2.55. The Morgan fingerprint density at radius 1 is 1.44 bits per heavy atom. The lowest BCUT2D eigenvalue weighted by Gasteiger charge is -2.32. The highest BCUT2D eigenvalue weighted by atomic mass is 32.2. The standard InChI is InChI=1S/C8H15N3O4S/c1-16(14,15)8-7(11(12)13)6-4-2-3-5-10(6)9-8/h6-7,12-13H,2-5H2,1H3. The summed E-state index contributed by atoms with van der Waals surface area (Å²) in [5, 5.41) is 23.7. The summed E-state index contributed by atoms with van der Waals surface area (Å²) in [6.45, 7) is 0.661. The van der Waals surface area contributed by atoms with E-state index in [2.05, 4.69) is 5.10 Å². The number of hydrogen-bond acceptors (Lipinski definition) is 7. The van der Waals surface area contributed by atoms with Gasteiger partial charge < -0.3 is 0 Å². The molecule has 0 aromatic rings. The highest BCUT2D eigenvalue weighted by Gasteiger charge is 2.45. The molecule has 2 N–H and O–H groups in total. The van der Waals surface area contributed by atoms with Crippen molar-refractivity contribution in [2.45, 2.75) is 31.3 Å². The molecule has 0 bridgehead atoms.